The fourth-order valence-electron chi connectivity index (χ4n) is 3.11. The van der Waals surface area contributed by atoms with E-state index >= 15 is 0 Å². The molecule has 3 rings (SSSR count). The van der Waals surface area contributed by atoms with Gasteiger partial charge in [0.1, 0.15) is 6.54 Å². The van der Waals surface area contributed by atoms with E-state index in [1.54, 1.807) is 53.4 Å². The van der Waals surface area contributed by atoms with Gasteiger partial charge < -0.3 is 4.90 Å². The van der Waals surface area contributed by atoms with E-state index in [0.29, 0.717) is 18.8 Å². The number of para-hydroxylation sites is 1. The second-order valence-corrected chi connectivity index (χ2v) is 8.46. The summed E-state index contributed by atoms with van der Waals surface area (Å²) in [7, 11) is -3.82. The Morgan fingerprint density at radius 2 is 1.58 bits per heavy atom. The summed E-state index contributed by atoms with van der Waals surface area (Å²) in [6, 6.07) is 15.5. The van der Waals surface area contributed by atoms with Gasteiger partial charge in [0.05, 0.1) is 10.6 Å². The third-order valence-corrected chi connectivity index (χ3v) is 6.43. The predicted octanol–water partition coefficient (Wildman–Crippen LogP) is 3.20. The highest BCUT2D eigenvalue weighted by molar-refractivity contribution is 7.92. The molecule has 0 aliphatic carbocycles. The number of likely N-dealkylation sites (tertiary alicyclic amines) is 1. The lowest BCUT2D eigenvalue weighted by Gasteiger charge is -2.30. The first-order valence-electron chi connectivity index (χ1n) is 8.91. The molecule has 1 heterocycles. The lowest BCUT2D eigenvalue weighted by molar-refractivity contribution is -0.130. The van der Waals surface area contributed by atoms with Gasteiger partial charge in [-0.15, -0.1) is 0 Å². The Morgan fingerprint density at radius 1 is 0.962 bits per heavy atom. The average Bonchev–Trinajstić information content (AvgIpc) is 2.67. The Morgan fingerprint density at radius 3 is 2.19 bits per heavy atom. The van der Waals surface area contributed by atoms with Crippen LogP contribution in [0.2, 0.25) is 0 Å². The Balaban J connectivity index is 1.93. The second kappa shape index (κ2) is 7.91. The molecule has 0 bridgehead atoms. The van der Waals surface area contributed by atoms with Gasteiger partial charge in [-0.2, -0.15) is 0 Å². The summed E-state index contributed by atoms with van der Waals surface area (Å²) in [5.41, 5.74) is 1.48. The van der Waals surface area contributed by atoms with Crippen LogP contribution < -0.4 is 4.31 Å². The standard InChI is InChI=1S/C20H24N2O3S/c1-17-10-12-19(13-11-17)26(24,25)22(18-8-4-2-5-9-18)16-20(23)21-14-6-3-7-15-21/h2,4-5,8-13H,3,6-7,14-16H2,1H3. The average molecular weight is 372 g/mol. The fraction of sp³-hybridized carbons (Fsp3) is 0.350. The third-order valence-electron chi connectivity index (χ3n) is 4.64. The first-order valence-corrected chi connectivity index (χ1v) is 10.3. The maximum Gasteiger partial charge on any atom is 0.264 e. The van der Waals surface area contributed by atoms with Crippen LogP contribution in [0, 0.1) is 6.92 Å². The molecular formula is C20H24N2O3S. The molecule has 0 atom stereocenters. The summed E-state index contributed by atoms with van der Waals surface area (Å²) in [6.45, 7) is 3.13. The lowest BCUT2D eigenvalue weighted by Crippen LogP contribution is -2.44. The molecule has 0 N–H and O–H groups in total. The van der Waals surface area contributed by atoms with E-state index in [0.717, 1.165) is 24.8 Å². The molecule has 2 aromatic rings. The zero-order chi connectivity index (χ0) is 18.6. The molecule has 1 saturated heterocycles. The molecule has 2 aromatic carbocycles. The van der Waals surface area contributed by atoms with Crippen LogP contribution in [0.15, 0.2) is 59.5 Å². The molecule has 1 aliphatic rings. The van der Waals surface area contributed by atoms with E-state index in [-0.39, 0.29) is 17.3 Å². The summed E-state index contributed by atoms with van der Waals surface area (Å²) >= 11 is 0. The number of anilines is 1. The SMILES string of the molecule is Cc1ccc(S(=O)(=O)N(CC(=O)N2CCCCC2)c2ccccc2)cc1. The van der Waals surface area contributed by atoms with Crippen LogP contribution in [0.4, 0.5) is 5.69 Å². The van der Waals surface area contributed by atoms with Gasteiger partial charge in [-0.05, 0) is 50.5 Å². The highest BCUT2D eigenvalue weighted by Crippen LogP contribution is 2.24. The van der Waals surface area contributed by atoms with Crippen molar-refractivity contribution in [1.29, 1.82) is 0 Å². The van der Waals surface area contributed by atoms with Crippen molar-refractivity contribution in [2.24, 2.45) is 0 Å². The molecular weight excluding hydrogens is 348 g/mol. The second-order valence-electron chi connectivity index (χ2n) is 6.60. The summed E-state index contributed by atoms with van der Waals surface area (Å²) in [5, 5.41) is 0. The molecule has 6 heteroatoms. The number of carbonyl (C=O) groups excluding carboxylic acids is 1. The summed E-state index contributed by atoms with van der Waals surface area (Å²) < 4.78 is 27.7. The van der Waals surface area contributed by atoms with Crippen LogP contribution >= 0.6 is 0 Å². The molecule has 0 saturated carbocycles. The van der Waals surface area contributed by atoms with Crippen molar-refractivity contribution in [2.45, 2.75) is 31.1 Å². The summed E-state index contributed by atoms with van der Waals surface area (Å²) in [6.07, 6.45) is 3.07. The van der Waals surface area contributed by atoms with Crippen LogP contribution in [0.5, 0.6) is 0 Å². The smallest absolute Gasteiger partial charge is 0.264 e. The van der Waals surface area contributed by atoms with E-state index in [1.807, 2.05) is 13.0 Å². The Bertz CT molecular complexity index is 842. The highest BCUT2D eigenvalue weighted by Gasteiger charge is 2.29. The van der Waals surface area contributed by atoms with Gasteiger partial charge >= 0.3 is 0 Å². The van der Waals surface area contributed by atoms with Crippen LogP contribution in [0.3, 0.4) is 0 Å². The number of sulfonamides is 1. The highest BCUT2D eigenvalue weighted by atomic mass is 32.2. The van der Waals surface area contributed by atoms with Crippen LogP contribution in [-0.4, -0.2) is 38.9 Å². The van der Waals surface area contributed by atoms with Crippen molar-refractivity contribution in [3.05, 3.63) is 60.2 Å². The van der Waals surface area contributed by atoms with Crippen molar-refractivity contribution in [1.82, 2.24) is 4.90 Å². The number of hydrogen-bond acceptors (Lipinski definition) is 3. The van der Waals surface area contributed by atoms with E-state index < -0.39 is 10.0 Å². The number of nitrogens with zero attached hydrogens (tertiary/aromatic N) is 2. The van der Waals surface area contributed by atoms with Gasteiger partial charge in [0.15, 0.2) is 0 Å². The van der Waals surface area contributed by atoms with Crippen molar-refractivity contribution in [3.63, 3.8) is 0 Å². The number of carbonyl (C=O) groups is 1. The van der Waals surface area contributed by atoms with Crippen LogP contribution in [0.25, 0.3) is 0 Å². The van der Waals surface area contributed by atoms with E-state index in [9.17, 15) is 13.2 Å². The molecule has 1 amide bonds. The number of amides is 1. The topological polar surface area (TPSA) is 57.7 Å². The first-order chi connectivity index (χ1) is 12.5. The minimum atomic E-state index is -3.82. The largest absolute Gasteiger partial charge is 0.341 e. The minimum Gasteiger partial charge on any atom is -0.341 e. The molecule has 0 spiro atoms. The van der Waals surface area contributed by atoms with E-state index in [2.05, 4.69) is 0 Å². The predicted molar refractivity (Wildman–Crippen MR) is 103 cm³/mol. The third kappa shape index (κ3) is 4.07. The van der Waals surface area contributed by atoms with Gasteiger partial charge in [-0.1, -0.05) is 35.9 Å². The number of benzene rings is 2. The van der Waals surface area contributed by atoms with E-state index in [4.69, 9.17) is 0 Å². The molecule has 1 fully saturated rings. The van der Waals surface area contributed by atoms with Gasteiger partial charge in [0.2, 0.25) is 5.91 Å². The maximum atomic E-state index is 13.2. The molecule has 0 aromatic heterocycles. The van der Waals surface area contributed by atoms with Crippen molar-refractivity contribution < 1.29 is 13.2 Å². The first kappa shape index (κ1) is 18.5. The Labute approximate surface area is 155 Å². The minimum absolute atomic E-state index is 0.149. The number of piperidine rings is 1. The van der Waals surface area contributed by atoms with Crippen molar-refractivity contribution in [3.8, 4) is 0 Å². The molecule has 0 radical (unpaired) electrons. The lowest BCUT2D eigenvalue weighted by atomic mass is 10.1. The zero-order valence-corrected chi connectivity index (χ0v) is 15.8. The van der Waals surface area contributed by atoms with Crippen molar-refractivity contribution in [2.75, 3.05) is 23.9 Å². The molecule has 138 valence electrons. The molecule has 5 nitrogen and oxygen atoms in total. The van der Waals surface area contributed by atoms with Gasteiger partial charge in [-0.25, -0.2) is 8.42 Å². The van der Waals surface area contributed by atoms with Gasteiger partial charge in [0, 0.05) is 13.1 Å². The van der Waals surface area contributed by atoms with Crippen LogP contribution in [0.1, 0.15) is 24.8 Å². The quantitative estimate of drug-likeness (QED) is 0.810. The van der Waals surface area contributed by atoms with Crippen LogP contribution in [-0.2, 0) is 14.8 Å². The Hall–Kier alpha value is -2.34. The number of aryl methyl sites for hydroxylation is 1. The van der Waals surface area contributed by atoms with E-state index in [1.165, 1.54) is 4.31 Å². The summed E-state index contributed by atoms with van der Waals surface area (Å²) in [5.74, 6) is -0.149. The molecule has 1 aliphatic heterocycles. The zero-order valence-electron chi connectivity index (χ0n) is 15.0. The maximum absolute atomic E-state index is 13.2. The number of hydrogen-bond donors (Lipinski definition) is 0. The molecule has 0 unspecified atom stereocenters. The monoisotopic (exact) mass is 372 g/mol. The number of rotatable bonds is 5. The summed E-state index contributed by atoms with van der Waals surface area (Å²) in [4.78, 5) is 14.7. The van der Waals surface area contributed by atoms with Gasteiger partial charge in [0.25, 0.3) is 10.0 Å². The Kier molecular flexibility index (Phi) is 5.61. The van der Waals surface area contributed by atoms with Gasteiger partial charge in [-0.3, -0.25) is 9.10 Å². The van der Waals surface area contributed by atoms with Crippen molar-refractivity contribution >= 4 is 21.6 Å². The molecule has 26 heavy (non-hydrogen) atoms. The fourth-order valence-corrected chi connectivity index (χ4v) is 4.53. The normalized spacial score (nSPS) is 14.9.